The molecule has 0 saturated heterocycles. The third-order valence-electron chi connectivity index (χ3n) is 4.91. The normalized spacial score (nSPS) is 10.6. The molecule has 0 aromatic heterocycles. The number of phenols is 5. The SMILES string of the molecule is CC(C)=CCc1cc(CC(=O)Cc2c(O)cc(O)c(CC=C(C)C)c2O)cc(O)c1O. The molecule has 0 heterocycles. The van der Waals surface area contributed by atoms with Crippen LogP contribution in [0.1, 0.15) is 49.9 Å². The van der Waals surface area contributed by atoms with Crippen molar-refractivity contribution >= 4 is 5.78 Å². The number of aromatic hydroxyl groups is 5. The molecule has 0 spiro atoms. The Hall–Kier alpha value is -3.41. The molecule has 166 valence electrons. The van der Waals surface area contributed by atoms with Crippen LogP contribution in [0.5, 0.6) is 28.7 Å². The quantitative estimate of drug-likeness (QED) is 0.311. The lowest BCUT2D eigenvalue weighted by atomic mass is 9.96. The fourth-order valence-electron chi connectivity index (χ4n) is 3.21. The highest BCUT2D eigenvalue weighted by atomic mass is 16.3. The summed E-state index contributed by atoms with van der Waals surface area (Å²) in [4.78, 5) is 12.7. The summed E-state index contributed by atoms with van der Waals surface area (Å²) in [7, 11) is 0. The Morgan fingerprint density at radius 2 is 1.29 bits per heavy atom. The van der Waals surface area contributed by atoms with Crippen molar-refractivity contribution in [2.24, 2.45) is 0 Å². The summed E-state index contributed by atoms with van der Waals surface area (Å²) >= 11 is 0. The third-order valence-corrected chi connectivity index (χ3v) is 4.91. The Balaban J connectivity index is 2.28. The third kappa shape index (κ3) is 6.28. The molecule has 0 aliphatic heterocycles. The van der Waals surface area contributed by atoms with E-state index < -0.39 is 0 Å². The lowest BCUT2D eigenvalue weighted by molar-refractivity contribution is -0.117. The topological polar surface area (TPSA) is 118 Å². The Morgan fingerprint density at radius 1 is 0.710 bits per heavy atom. The maximum atomic E-state index is 12.7. The van der Waals surface area contributed by atoms with Gasteiger partial charge in [0.25, 0.3) is 0 Å². The number of phenolic OH excluding ortho intramolecular Hbond substituents is 5. The molecule has 0 unspecified atom stereocenters. The molecule has 5 N–H and O–H groups in total. The van der Waals surface area contributed by atoms with Crippen molar-refractivity contribution in [2.75, 3.05) is 0 Å². The zero-order valence-corrected chi connectivity index (χ0v) is 18.4. The fraction of sp³-hybridized carbons (Fsp3) is 0.320. The highest BCUT2D eigenvalue weighted by molar-refractivity contribution is 5.85. The van der Waals surface area contributed by atoms with Gasteiger partial charge in [-0.15, -0.1) is 0 Å². The van der Waals surface area contributed by atoms with E-state index in [-0.39, 0.29) is 64.9 Å². The standard InChI is InChI=1S/C25H30O6/c1-14(2)5-7-17-9-16(11-23(29)24(17)30)10-18(26)12-20-22(28)13-21(27)19(25(20)31)8-6-15(3)4/h5-6,9,11,13,27-31H,7-8,10,12H2,1-4H3. The first-order valence-corrected chi connectivity index (χ1v) is 10.1. The van der Waals surface area contributed by atoms with E-state index >= 15 is 0 Å². The minimum atomic E-state index is -0.359. The zero-order valence-electron chi connectivity index (χ0n) is 18.4. The summed E-state index contributed by atoms with van der Waals surface area (Å²) in [5.41, 5.74) is 3.37. The van der Waals surface area contributed by atoms with Gasteiger partial charge in [-0.2, -0.15) is 0 Å². The van der Waals surface area contributed by atoms with Crippen molar-refractivity contribution in [3.63, 3.8) is 0 Å². The number of benzene rings is 2. The van der Waals surface area contributed by atoms with Crippen LogP contribution in [0.25, 0.3) is 0 Å². The van der Waals surface area contributed by atoms with Gasteiger partial charge in [-0.25, -0.2) is 0 Å². The van der Waals surface area contributed by atoms with E-state index in [1.807, 2.05) is 39.8 Å². The molecule has 0 aliphatic rings. The van der Waals surface area contributed by atoms with Gasteiger partial charge < -0.3 is 25.5 Å². The molecule has 2 aromatic rings. The van der Waals surface area contributed by atoms with Crippen LogP contribution in [-0.4, -0.2) is 31.3 Å². The first-order valence-electron chi connectivity index (χ1n) is 10.1. The summed E-state index contributed by atoms with van der Waals surface area (Å²) in [6, 6.07) is 4.11. The number of rotatable bonds is 8. The summed E-state index contributed by atoms with van der Waals surface area (Å²) in [5.74, 6) is -1.73. The molecule has 6 nitrogen and oxygen atoms in total. The van der Waals surface area contributed by atoms with Crippen LogP contribution in [0.15, 0.2) is 41.5 Å². The maximum absolute atomic E-state index is 12.7. The lowest BCUT2D eigenvalue weighted by Gasteiger charge is -2.13. The summed E-state index contributed by atoms with van der Waals surface area (Å²) in [6.45, 7) is 7.62. The van der Waals surface area contributed by atoms with Gasteiger partial charge in [-0.3, -0.25) is 4.79 Å². The Morgan fingerprint density at radius 3 is 1.90 bits per heavy atom. The highest BCUT2D eigenvalue weighted by Crippen LogP contribution is 2.39. The average Bonchev–Trinajstić information content (AvgIpc) is 2.66. The molecule has 0 aliphatic carbocycles. The second kappa shape index (κ2) is 10.1. The molecule has 0 radical (unpaired) electrons. The molecule has 0 atom stereocenters. The van der Waals surface area contributed by atoms with Crippen LogP contribution < -0.4 is 0 Å². The van der Waals surface area contributed by atoms with E-state index in [1.54, 1.807) is 6.07 Å². The van der Waals surface area contributed by atoms with E-state index in [1.165, 1.54) is 6.07 Å². The van der Waals surface area contributed by atoms with E-state index in [9.17, 15) is 30.3 Å². The lowest BCUT2D eigenvalue weighted by Crippen LogP contribution is -2.08. The van der Waals surface area contributed by atoms with E-state index in [4.69, 9.17) is 0 Å². The van der Waals surface area contributed by atoms with Crippen LogP contribution in [0.2, 0.25) is 0 Å². The molecule has 31 heavy (non-hydrogen) atoms. The van der Waals surface area contributed by atoms with Crippen molar-refractivity contribution in [1.82, 2.24) is 0 Å². The van der Waals surface area contributed by atoms with Crippen LogP contribution in [0.4, 0.5) is 0 Å². The first kappa shape index (κ1) is 23.9. The molecule has 0 amide bonds. The second-order valence-corrected chi connectivity index (χ2v) is 8.21. The first-order chi connectivity index (χ1) is 14.5. The van der Waals surface area contributed by atoms with Gasteiger partial charge in [0.05, 0.1) is 0 Å². The second-order valence-electron chi connectivity index (χ2n) is 8.21. The van der Waals surface area contributed by atoms with Crippen molar-refractivity contribution in [3.05, 3.63) is 63.8 Å². The average molecular weight is 427 g/mol. The minimum absolute atomic E-state index is 0.0488. The number of hydrogen-bond donors (Lipinski definition) is 5. The van der Waals surface area contributed by atoms with E-state index in [2.05, 4.69) is 0 Å². The van der Waals surface area contributed by atoms with Gasteiger partial charge in [0, 0.05) is 35.6 Å². The number of allylic oxidation sites excluding steroid dienone is 4. The largest absolute Gasteiger partial charge is 0.507 e. The fourth-order valence-corrected chi connectivity index (χ4v) is 3.21. The number of ketones is 1. The Labute approximate surface area is 182 Å². The Bertz CT molecular complexity index is 1040. The molecule has 0 fully saturated rings. The zero-order chi connectivity index (χ0) is 23.3. The highest BCUT2D eigenvalue weighted by Gasteiger charge is 2.20. The smallest absolute Gasteiger partial charge is 0.161 e. The predicted molar refractivity (Wildman–Crippen MR) is 120 cm³/mol. The Kier molecular flexibility index (Phi) is 7.75. The maximum Gasteiger partial charge on any atom is 0.161 e. The number of hydrogen-bond acceptors (Lipinski definition) is 6. The summed E-state index contributed by atoms with van der Waals surface area (Å²) in [6.07, 6.45) is 4.10. The monoisotopic (exact) mass is 426 g/mol. The molecule has 2 rings (SSSR count). The van der Waals surface area contributed by atoms with Crippen LogP contribution in [-0.2, 0) is 30.5 Å². The number of carbonyl (C=O) groups is 1. The van der Waals surface area contributed by atoms with Gasteiger partial charge in [-0.1, -0.05) is 29.4 Å². The van der Waals surface area contributed by atoms with Crippen molar-refractivity contribution in [1.29, 1.82) is 0 Å². The van der Waals surface area contributed by atoms with Gasteiger partial charge in [0.2, 0.25) is 0 Å². The molecule has 6 heteroatoms. The van der Waals surface area contributed by atoms with Crippen molar-refractivity contribution < 1.29 is 30.3 Å². The van der Waals surface area contributed by atoms with Gasteiger partial charge >= 0.3 is 0 Å². The van der Waals surface area contributed by atoms with Gasteiger partial charge in [0.1, 0.15) is 23.0 Å². The summed E-state index contributed by atoms with van der Waals surface area (Å²) in [5, 5.41) is 50.9. The van der Waals surface area contributed by atoms with E-state index in [0.717, 1.165) is 17.2 Å². The van der Waals surface area contributed by atoms with Crippen molar-refractivity contribution in [2.45, 2.75) is 53.4 Å². The van der Waals surface area contributed by atoms with E-state index in [0.29, 0.717) is 17.5 Å². The van der Waals surface area contributed by atoms with Crippen LogP contribution >= 0.6 is 0 Å². The van der Waals surface area contributed by atoms with Crippen LogP contribution in [0, 0.1) is 0 Å². The van der Waals surface area contributed by atoms with Crippen LogP contribution in [0.3, 0.4) is 0 Å². The predicted octanol–water partition coefficient (Wildman–Crippen LogP) is 4.59. The van der Waals surface area contributed by atoms with Gasteiger partial charge in [0.15, 0.2) is 11.5 Å². The molecule has 2 aromatic carbocycles. The van der Waals surface area contributed by atoms with Gasteiger partial charge in [-0.05, 0) is 52.2 Å². The molecule has 0 saturated carbocycles. The van der Waals surface area contributed by atoms with Crippen molar-refractivity contribution in [3.8, 4) is 28.7 Å². The summed E-state index contributed by atoms with van der Waals surface area (Å²) < 4.78 is 0. The molecular weight excluding hydrogens is 396 g/mol. The molecular formula is C25H30O6. The number of carbonyl (C=O) groups excluding carboxylic acids is 1. The minimum Gasteiger partial charge on any atom is -0.507 e. The number of Topliss-reactive ketones (excluding diaryl/α,β-unsaturated/α-hetero) is 1. The molecule has 0 bridgehead atoms.